The van der Waals surface area contributed by atoms with E-state index in [-0.39, 0.29) is 11.9 Å². The Morgan fingerprint density at radius 3 is 2.62 bits per heavy atom. The van der Waals surface area contributed by atoms with E-state index in [2.05, 4.69) is 21.2 Å². The number of halogens is 3. The Balaban J connectivity index is 2.05. The fraction of sp³-hybridized carbons (Fsp3) is 0.250. The van der Waals surface area contributed by atoms with Gasteiger partial charge >= 0.3 is 0 Å². The first kappa shape index (κ1) is 16.1. The zero-order valence-electron chi connectivity index (χ0n) is 11.8. The van der Waals surface area contributed by atoms with E-state index in [9.17, 15) is 4.39 Å². The van der Waals surface area contributed by atoms with Gasteiger partial charge in [-0.1, -0.05) is 33.6 Å². The molecule has 2 nitrogen and oxygen atoms in total. The molecule has 0 aliphatic rings. The van der Waals surface area contributed by atoms with Crippen molar-refractivity contribution in [1.82, 2.24) is 0 Å². The number of nitrogens with one attached hydrogen (secondary N) is 1. The van der Waals surface area contributed by atoms with Crippen molar-refractivity contribution < 1.29 is 9.13 Å². The molecule has 2 rings (SSSR count). The summed E-state index contributed by atoms with van der Waals surface area (Å²) in [4.78, 5) is 0. The van der Waals surface area contributed by atoms with Crippen molar-refractivity contribution in [1.29, 1.82) is 0 Å². The lowest BCUT2D eigenvalue weighted by molar-refractivity contribution is 0.242. The van der Waals surface area contributed by atoms with Gasteiger partial charge < -0.3 is 10.1 Å². The topological polar surface area (TPSA) is 21.3 Å². The van der Waals surface area contributed by atoms with Crippen LogP contribution in [0, 0.1) is 5.82 Å². The maximum atomic E-state index is 13.0. The quantitative estimate of drug-likeness (QED) is 0.733. The Kier molecular flexibility index (Phi) is 5.48. The zero-order valence-corrected chi connectivity index (χ0v) is 14.1. The van der Waals surface area contributed by atoms with Crippen LogP contribution in [0.1, 0.15) is 19.4 Å². The van der Waals surface area contributed by atoms with Crippen molar-refractivity contribution in [3.63, 3.8) is 0 Å². The van der Waals surface area contributed by atoms with E-state index in [0.29, 0.717) is 17.3 Å². The molecule has 0 spiro atoms. The molecule has 0 aliphatic heterocycles. The lowest BCUT2D eigenvalue weighted by Gasteiger charge is -2.13. The average Bonchev–Trinajstić information content (AvgIpc) is 2.40. The van der Waals surface area contributed by atoms with Crippen molar-refractivity contribution in [2.75, 3.05) is 5.32 Å². The minimum atomic E-state index is -0.260. The lowest BCUT2D eigenvalue weighted by atomic mass is 10.2. The van der Waals surface area contributed by atoms with Crippen LogP contribution in [0.5, 0.6) is 5.75 Å². The molecule has 1 N–H and O–H groups in total. The van der Waals surface area contributed by atoms with Crippen molar-refractivity contribution in [3.05, 3.63) is 57.3 Å². The highest BCUT2D eigenvalue weighted by molar-refractivity contribution is 9.10. The van der Waals surface area contributed by atoms with Crippen LogP contribution in [0.2, 0.25) is 5.02 Å². The van der Waals surface area contributed by atoms with Crippen molar-refractivity contribution in [3.8, 4) is 5.75 Å². The van der Waals surface area contributed by atoms with Crippen LogP contribution in [-0.2, 0) is 6.54 Å². The fourth-order valence-electron chi connectivity index (χ4n) is 1.82. The molecule has 0 aliphatic carbocycles. The summed E-state index contributed by atoms with van der Waals surface area (Å²) in [5.74, 6) is 0.407. The highest BCUT2D eigenvalue weighted by atomic mass is 79.9. The van der Waals surface area contributed by atoms with E-state index >= 15 is 0 Å². The average molecular weight is 373 g/mol. The highest BCUT2D eigenvalue weighted by Gasteiger charge is 2.06. The monoisotopic (exact) mass is 371 g/mol. The highest BCUT2D eigenvalue weighted by Crippen LogP contribution is 2.29. The standard InChI is InChI=1S/C16H16BrClFNO/c1-10(2)21-16-6-5-13(8-15(16)18)20-9-11-3-4-12(19)7-14(11)17/h3-8,10,20H,9H2,1-2H3. The molecule has 0 saturated heterocycles. The Morgan fingerprint density at radius 1 is 1.24 bits per heavy atom. The Labute approximate surface area is 137 Å². The van der Waals surface area contributed by atoms with Crippen LogP contribution >= 0.6 is 27.5 Å². The van der Waals surface area contributed by atoms with Gasteiger partial charge in [0.1, 0.15) is 11.6 Å². The van der Waals surface area contributed by atoms with Crippen LogP contribution in [0.25, 0.3) is 0 Å². The molecule has 0 heterocycles. The summed E-state index contributed by atoms with van der Waals surface area (Å²) in [6, 6.07) is 10.2. The zero-order chi connectivity index (χ0) is 15.4. The van der Waals surface area contributed by atoms with E-state index in [4.69, 9.17) is 16.3 Å². The molecule has 5 heteroatoms. The van der Waals surface area contributed by atoms with E-state index in [0.717, 1.165) is 15.7 Å². The molecule has 0 saturated carbocycles. The Morgan fingerprint density at radius 2 is 2.00 bits per heavy atom. The van der Waals surface area contributed by atoms with E-state index in [1.807, 2.05) is 32.0 Å². The largest absolute Gasteiger partial charge is 0.489 e. The van der Waals surface area contributed by atoms with Crippen LogP contribution in [-0.4, -0.2) is 6.10 Å². The fourth-order valence-corrected chi connectivity index (χ4v) is 2.54. The first-order valence-electron chi connectivity index (χ1n) is 6.59. The Hall–Kier alpha value is -1.26. The second-order valence-electron chi connectivity index (χ2n) is 4.90. The summed E-state index contributed by atoms with van der Waals surface area (Å²) in [6.45, 7) is 4.48. The molecule has 0 unspecified atom stereocenters. The predicted octanol–water partition coefficient (Wildman–Crippen LogP) is 5.64. The van der Waals surface area contributed by atoms with Crippen molar-refractivity contribution >= 4 is 33.2 Å². The predicted molar refractivity (Wildman–Crippen MR) is 88.6 cm³/mol. The van der Waals surface area contributed by atoms with Gasteiger partial charge in [0.25, 0.3) is 0 Å². The van der Waals surface area contributed by atoms with Gasteiger partial charge in [-0.15, -0.1) is 0 Å². The van der Waals surface area contributed by atoms with Gasteiger partial charge in [-0.05, 0) is 49.7 Å². The molecule has 0 aromatic heterocycles. The van der Waals surface area contributed by atoms with Gasteiger partial charge in [-0.2, -0.15) is 0 Å². The minimum Gasteiger partial charge on any atom is -0.489 e. The Bertz CT molecular complexity index is 634. The third-order valence-electron chi connectivity index (χ3n) is 2.79. The molecule has 0 fully saturated rings. The van der Waals surface area contributed by atoms with Crippen LogP contribution in [0.15, 0.2) is 40.9 Å². The van der Waals surface area contributed by atoms with E-state index < -0.39 is 0 Å². The molecule has 0 radical (unpaired) electrons. The number of benzene rings is 2. The van der Waals surface area contributed by atoms with Gasteiger partial charge in [0.05, 0.1) is 11.1 Å². The molecule has 21 heavy (non-hydrogen) atoms. The smallest absolute Gasteiger partial charge is 0.138 e. The normalized spacial score (nSPS) is 10.8. The van der Waals surface area contributed by atoms with Crippen molar-refractivity contribution in [2.24, 2.45) is 0 Å². The number of rotatable bonds is 5. The van der Waals surface area contributed by atoms with E-state index in [1.165, 1.54) is 12.1 Å². The van der Waals surface area contributed by atoms with Crippen LogP contribution in [0.4, 0.5) is 10.1 Å². The van der Waals surface area contributed by atoms with Crippen LogP contribution in [0.3, 0.4) is 0 Å². The molecule has 0 amide bonds. The number of anilines is 1. The summed E-state index contributed by atoms with van der Waals surface area (Å²) in [5, 5.41) is 3.81. The van der Waals surface area contributed by atoms with Crippen LogP contribution < -0.4 is 10.1 Å². The molecular weight excluding hydrogens is 357 g/mol. The van der Waals surface area contributed by atoms with E-state index in [1.54, 1.807) is 6.07 Å². The van der Waals surface area contributed by atoms with Gasteiger partial charge in [0.15, 0.2) is 0 Å². The number of ether oxygens (including phenoxy) is 1. The molecular formula is C16H16BrClFNO. The van der Waals surface area contributed by atoms with Gasteiger partial charge in [0.2, 0.25) is 0 Å². The van der Waals surface area contributed by atoms with Gasteiger partial charge in [0, 0.05) is 16.7 Å². The first-order chi connectivity index (χ1) is 9.95. The maximum absolute atomic E-state index is 13.0. The lowest BCUT2D eigenvalue weighted by Crippen LogP contribution is -2.06. The molecule has 0 bridgehead atoms. The maximum Gasteiger partial charge on any atom is 0.138 e. The summed E-state index contributed by atoms with van der Waals surface area (Å²) >= 11 is 9.53. The minimum absolute atomic E-state index is 0.0801. The van der Waals surface area contributed by atoms with Gasteiger partial charge in [-0.25, -0.2) is 4.39 Å². The van der Waals surface area contributed by atoms with Crippen molar-refractivity contribution in [2.45, 2.75) is 26.5 Å². The summed E-state index contributed by atoms with van der Waals surface area (Å²) < 4.78 is 19.4. The molecule has 2 aromatic rings. The summed E-state index contributed by atoms with van der Waals surface area (Å²) in [5.41, 5.74) is 1.85. The van der Waals surface area contributed by atoms with Gasteiger partial charge in [-0.3, -0.25) is 0 Å². The SMILES string of the molecule is CC(C)Oc1ccc(NCc2ccc(F)cc2Br)cc1Cl. The first-order valence-corrected chi connectivity index (χ1v) is 7.77. The second-order valence-corrected chi connectivity index (χ2v) is 6.16. The third kappa shape index (κ3) is 4.61. The third-order valence-corrected chi connectivity index (χ3v) is 3.83. The number of hydrogen-bond acceptors (Lipinski definition) is 2. The molecule has 2 aromatic carbocycles. The summed E-state index contributed by atoms with van der Waals surface area (Å²) in [7, 11) is 0. The number of hydrogen-bond donors (Lipinski definition) is 1. The second kappa shape index (κ2) is 7.14. The molecule has 112 valence electrons. The summed E-state index contributed by atoms with van der Waals surface area (Å²) in [6.07, 6.45) is 0.0801. The molecule has 0 atom stereocenters.